The lowest BCUT2D eigenvalue weighted by molar-refractivity contribution is -0.120. The number of carbonyl (C=O) groups excluding carboxylic acids is 1. The Hall–Kier alpha value is -2.41. The average molecular weight is 378 g/mol. The Kier molecular flexibility index (Phi) is 6.37. The van der Waals surface area contributed by atoms with Crippen LogP contribution in [-0.4, -0.2) is 27.1 Å². The zero-order valence-corrected chi connectivity index (χ0v) is 15.9. The maximum atomic E-state index is 13.1. The number of hydrogen-bond acceptors (Lipinski definition) is 3. The van der Waals surface area contributed by atoms with Gasteiger partial charge in [0.05, 0.1) is 18.0 Å². The molecule has 0 aliphatic rings. The number of carbonyl (C=O) groups is 1. The molecule has 7 heteroatoms. The Labute approximate surface area is 153 Å². The van der Waals surface area contributed by atoms with Gasteiger partial charge in [-0.3, -0.25) is 9.10 Å². The van der Waals surface area contributed by atoms with E-state index in [9.17, 15) is 17.6 Å². The lowest BCUT2D eigenvalue weighted by atomic mass is 10.0. The monoisotopic (exact) mass is 378 g/mol. The van der Waals surface area contributed by atoms with Crippen LogP contribution < -0.4 is 9.62 Å². The van der Waals surface area contributed by atoms with Gasteiger partial charge < -0.3 is 5.32 Å². The number of sulfonamides is 1. The molecule has 0 aromatic heterocycles. The molecule has 0 saturated heterocycles. The van der Waals surface area contributed by atoms with Gasteiger partial charge in [-0.15, -0.1) is 0 Å². The SMILES string of the molecule is CC[C@@H](NC(=O)CN(c1ccc(F)cc1)S(C)(=O)=O)c1ccc(C)cc1. The summed E-state index contributed by atoms with van der Waals surface area (Å²) in [5, 5.41) is 2.87. The second kappa shape index (κ2) is 8.31. The van der Waals surface area contributed by atoms with E-state index >= 15 is 0 Å². The van der Waals surface area contributed by atoms with E-state index in [-0.39, 0.29) is 18.3 Å². The highest BCUT2D eigenvalue weighted by atomic mass is 32.2. The third kappa shape index (κ3) is 5.29. The van der Waals surface area contributed by atoms with Crippen molar-refractivity contribution < 1.29 is 17.6 Å². The van der Waals surface area contributed by atoms with Crippen molar-refractivity contribution in [3.05, 3.63) is 65.5 Å². The maximum absolute atomic E-state index is 13.1. The molecule has 140 valence electrons. The summed E-state index contributed by atoms with van der Waals surface area (Å²) in [5.74, 6) is -0.899. The van der Waals surface area contributed by atoms with E-state index in [0.717, 1.165) is 33.8 Å². The number of anilines is 1. The van der Waals surface area contributed by atoms with Crippen LogP contribution in [0.4, 0.5) is 10.1 Å². The van der Waals surface area contributed by atoms with Crippen LogP contribution >= 0.6 is 0 Å². The zero-order chi connectivity index (χ0) is 19.3. The molecule has 0 aliphatic carbocycles. The summed E-state index contributed by atoms with van der Waals surface area (Å²) in [6, 6.07) is 12.6. The summed E-state index contributed by atoms with van der Waals surface area (Å²) in [4.78, 5) is 12.5. The van der Waals surface area contributed by atoms with E-state index in [1.165, 1.54) is 12.1 Å². The minimum Gasteiger partial charge on any atom is -0.348 e. The van der Waals surface area contributed by atoms with Crippen LogP contribution in [0, 0.1) is 12.7 Å². The first kappa shape index (κ1) is 19.9. The molecule has 1 N–H and O–H groups in total. The summed E-state index contributed by atoms with van der Waals surface area (Å²) < 4.78 is 38.2. The van der Waals surface area contributed by atoms with Crippen LogP contribution in [0.3, 0.4) is 0 Å². The van der Waals surface area contributed by atoms with Crippen LogP contribution in [0.25, 0.3) is 0 Å². The van der Waals surface area contributed by atoms with Gasteiger partial charge in [0.1, 0.15) is 12.4 Å². The van der Waals surface area contributed by atoms with Crippen molar-refractivity contribution in [2.45, 2.75) is 26.3 Å². The number of rotatable bonds is 7. The van der Waals surface area contributed by atoms with Crippen molar-refractivity contribution in [3.63, 3.8) is 0 Å². The molecule has 1 amide bonds. The van der Waals surface area contributed by atoms with Crippen LogP contribution in [0.1, 0.15) is 30.5 Å². The fourth-order valence-electron chi connectivity index (χ4n) is 2.60. The second-order valence-electron chi connectivity index (χ2n) is 6.19. The Bertz CT molecular complexity index is 849. The highest BCUT2D eigenvalue weighted by molar-refractivity contribution is 7.92. The van der Waals surface area contributed by atoms with Crippen LogP contribution in [0.2, 0.25) is 0 Å². The van der Waals surface area contributed by atoms with Gasteiger partial charge in [0, 0.05) is 0 Å². The standard InChI is InChI=1S/C19H23FN2O3S/c1-4-18(15-7-5-14(2)6-8-15)21-19(23)13-22(26(3,24)25)17-11-9-16(20)10-12-17/h5-12,18H,4,13H2,1-3H3,(H,21,23)/t18-/m1/s1. The lowest BCUT2D eigenvalue weighted by Gasteiger charge is -2.24. The highest BCUT2D eigenvalue weighted by Gasteiger charge is 2.22. The number of halogens is 1. The van der Waals surface area contributed by atoms with Gasteiger partial charge >= 0.3 is 0 Å². The van der Waals surface area contributed by atoms with Crippen LogP contribution in [0.15, 0.2) is 48.5 Å². The molecule has 0 fully saturated rings. The number of amides is 1. The molecule has 0 aliphatic heterocycles. The van der Waals surface area contributed by atoms with E-state index < -0.39 is 21.7 Å². The smallest absolute Gasteiger partial charge is 0.241 e. The van der Waals surface area contributed by atoms with Crippen molar-refractivity contribution in [2.24, 2.45) is 0 Å². The van der Waals surface area contributed by atoms with Crippen molar-refractivity contribution >= 4 is 21.6 Å². The van der Waals surface area contributed by atoms with E-state index in [0.29, 0.717) is 6.42 Å². The molecule has 1 atom stereocenters. The molecular weight excluding hydrogens is 355 g/mol. The number of benzene rings is 2. The van der Waals surface area contributed by atoms with E-state index in [1.807, 2.05) is 38.1 Å². The second-order valence-corrected chi connectivity index (χ2v) is 8.09. The van der Waals surface area contributed by atoms with Crippen molar-refractivity contribution in [3.8, 4) is 0 Å². The van der Waals surface area contributed by atoms with Gasteiger partial charge in [0.15, 0.2) is 0 Å². The highest BCUT2D eigenvalue weighted by Crippen LogP contribution is 2.20. The molecule has 0 saturated carbocycles. The van der Waals surface area contributed by atoms with Gasteiger partial charge in [-0.1, -0.05) is 36.8 Å². The molecule has 5 nitrogen and oxygen atoms in total. The fourth-order valence-corrected chi connectivity index (χ4v) is 3.45. The molecule has 26 heavy (non-hydrogen) atoms. The van der Waals surface area contributed by atoms with Crippen molar-refractivity contribution in [1.82, 2.24) is 5.32 Å². The van der Waals surface area contributed by atoms with Gasteiger partial charge in [-0.05, 0) is 43.2 Å². The molecule has 0 unspecified atom stereocenters. The van der Waals surface area contributed by atoms with Gasteiger partial charge in [-0.2, -0.15) is 0 Å². The summed E-state index contributed by atoms with van der Waals surface area (Å²) in [7, 11) is -3.69. The quantitative estimate of drug-likeness (QED) is 0.805. The number of nitrogens with zero attached hydrogens (tertiary/aromatic N) is 1. The third-order valence-corrected chi connectivity index (χ3v) is 5.17. The largest absolute Gasteiger partial charge is 0.348 e. The predicted octanol–water partition coefficient (Wildman–Crippen LogP) is 3.17. The van der Waals surface area contributed by atoms with Gasteiger partial charge in [0.2, 0.25) is 15.9 Å². The fraction of sp³-hybridized carbons (Fsp3) is 0.316. The molecule has 2 rings (SSSR count). The predicted molar refractivity (Wildman–Crippen MR) is 101 cm³/mol. The molecule has 0 heterocycles. The summed E-state index contributed by atoms with van der Waals surface area (Å²) in [5.41, 5.74) is 2.32. The summed E-state index contributed by atoms with van der Waals surface area (Å²) in [6.45, 7) is 3.56. The van der Waals surface area contributed by atoms with Crippen molar-refractivity contribution in [1.29, 1.82) is 0 Å². The van der Waals surface area contributed by atoms with Gasteiger partial charge in [-0.25, -0.2) is 12.8 Å². The first-order chi connectivity index (χ1) is 12.2. The minimum atomic E-state index is -3.69. The number of aryl methyl sites for hydroxylation is 1. The Morgan fingerprint density at radius 1 is 1.12 bits per heavy atom. The molecule has 2 aromatic carbocycles. The summed E-state index contributed by atoms with van der Waals surface area (Å²) >= 11 is 0. The van der Waals surface area contributed by atoms with E-state index in [2.05, 4.69) is 5.32 Å². The zero-order valence-electron chi connectivity index (χ0n) is 15.1. The topological polar surface area (TPSA) is 66.5 Å². The number of hydrogen-bond donors (Lipinski definition) is 1. The summed E-state index contributed by atoms with van der Waals surface area (Å²) in [6.07, 6.45) is 1.69. The normalized spacial score (nSPS) is 12.5. The van der Waals surface area contributed by atoms with Crippen LogP contribution in [-0.2, 0) is 14.8 Å². The lowest BCUT2D eigenvalue weighted by Crippen LogP contribution is -2.41. The molecular formula is C19H23FN2O3S. The van der Waals surface area contributed by atoms with Gasteiger partial charge in [0.25, 0.3) is 0 Å². The minimum absolute atomic E-state index is 0.210. The Balaban J connectivity index is 2.16. The van der Waals surface area contributed by atoms with E-state index in [1.54, 1.807) is 0 Å². The molecule has 0 spiro atoms. The average Bonchev–Trinajstić information content (AvgIpc) is 2.58. The molecule has 0 radical (unpaired) electrons. The molecule has 2 aromatic rings. The first-order valence-electron chi connectivity index (χ1n) is 8.30. The maximum Gasteiger partial charge on any atom is 0.241 e. The third-order valence-electron chi connectivity index (χ3n) is 4.03. The van der Waals surface area contributed by atoms with Crippen molar-refractivity contribution in [2.75, 3.05) is 17.1 Å². The number of nitrogens with one attached hydrogen (secondary N) is 1. The van der Waals surface area contributed by atoms with E-state index in [4.69, 9.17) is 0 Å². The molecule has 0 bridgehead atoms. The first-order valence-corrected chi connectivity index (χ1v) is 10.1. The Morgan fingerprint density at radius 3 is 2.19 bits per heavy atom. The van der Waals surface area contributed by atoms with Crippen LogP contribution in [0.5, 0.6) is 0 Å². The Morgan fingerprint density at radius 2 is 1.69 bits per heavy atom.